The third-order valence-electron chi connectivity index (χ3n) is 4.60. The maximum Gasteiger partial charge on any atom is 0.343 e. The second-order valence-corrected chi connectivity index (χ2v) is 6.95. The average Bonchev–Trinajstić information content (AvgIpc) is 2.82. The van der Waals surface area contributed by atoms with Gasteiger partial charge in [-0.05, 0) is 54.1 Å². The average molecular weight is 453 g/mol. The van der Waals surface area contributed by atoms with E-state index in [1.54, 1.807) is 42.5 Å². The van der Waals surface area contributed by atoms with Gasteiger partial charge in [-0.1, -0.05) is 29.8 Å². The van der Waals surface area contributed by atoms with Crippen LogP contribution in [0.3, 0.4) is 0 Å². The summed E-state index contributed by atoms with van der Waals surface area (Å²) in [4.78, 5) is 25.6. The molecule has 0 amide bonds. The molecule has 3 aromatic carbocycles. The molecule has 0 N–H and O–H groups in total. The molecule has 0 spiro atoms. The lowest BCUT2D eigenvalue weighted by atomic mass is 10.1. The van der Waals surface area contributed by atoms with Crippen LogP contribution in [0, 0.1) is 0 Å². The molecule has 164 valence electrons. The van der Waals surface area contributed by atoms with Gasteiger partial charge >= 0.3 is 5.97 Å². The summed E-state index contributed by atoms with van der Waals surface area (Å²) in [5.41, 5.74) is 1.12. The summed E-state index contributed by atoms with van der Waals surface area (Å²) in [6, 6.07) is 16.4. The van der Waals surface area contributed by atoms with Crippen molar-refractivity contribution in [2.75, 3.05) is 21.3 Å². The van der Waals surface area contributed by atoms with Gasteiger partial charge in [0, 0.05) is 11.1 Å². The van der Waals surface area contributed by atoms with E-state index in [2.05, 4.69) is 0 Å². The van der Waals surface area contributed by atoms with Crippen LogP contribution in [0.4, 0.5) is 0 Å². The zero-order valence-corrected chi connectivity index (χ0v) is 18.5. The van der Waals surface area contributed by atoms with Crippen LogP contribution < -0.4 is 18.9 Å². The molecule has 3 aromatic rings. The first-order valence-corrected chi connectivity index (χ1v) is 9.93. The molecule has 0 aliphatic carbocycles. The third-order valence-corrected chi connectivity index (χ3v) is 4.94. The quantitative estimate of drug-likeness (QED) is 0.195. The maximum atomic E-state index is 12.9. The number of halogens is 1. The molecule has 0 radical (unpaired) electrons. The van der Waals surface area contributed by atoms with E-state index in [4.69, 9.17) is 30.5 Å². The van der Waals surface area contributed by atoms with Crippen molar-refractivity contribution < 1.29 is 28.5 Å². The minimum Gasteiger partial charge on any atom is -0.497 e. The van der Waals surface area contributed by atoms with E-state index >= 15 is 0 Å². The molecule has 6 nitrogen and oxygen atoms in total. The highest BCUT2D eigenvalue weighted by atomic mass is 35.5. The summed E-state index contributed by atoms with van der Waals surface area (Å²) in [6.07, 6.45) is 2.98. The Morgan fingerprint density at radius 2 is 1.56 bits per heavy atom. The molecule has 0 unspecified atom stereocenters. The molecule has 3 rings (SSSR count). The Kier molecular flexibility index (Phi) is 7.52. The summed E-state index contributed by atoms with van der Waals surface area (Å²) in [7, 11) is 4.45. The summed E-state index contributed by atoms with van der Waals surface area (Å²) in [6.45, 7) is 0. The number of allylic oxidation sites excluding steroid dienone is 1. The highest BCUT2D eigenvalue weighted by Crippen LogP contribution is 2.30. The number of esters is 1. The predicted molar refractivity (Wildman–Crippen MR) is 122 cm³/mol. The number of ether oxygens (including phenoxy) is 4. The SMILES string of the molecule is COc1ccc(C(=O)C=Cc2ccccc2Cl)c(OC(=O)c2ccc(OC)c(OC)c2)c1. The van der Waals surface area contributed by atoms with Crippen LogP contribution in [0.1, 0.15) is 26.3 Å². The van der Waals surface area contributed by atoms with Crippen LogP contribution in [0.2, 0.25) is 5.02 Å². The zero-order chi connectivity index (χ0) is 23.1. The second kappa shape index (κ2) is 10.5. The predicted octanol–water partition coefficient (Wildman–Crippen LogP) is 5.48. The standard InChI is InChI=1S/C25H21ClO6/c1-29-18-10-11-19(21(27)12-8-16-6-4-5-7-20(16)26)23(15-18)32-25(28)17-9-13-22(30-2)24(14-17)31-3/h4-15H,1-3H3. The molecule has 0 heterocycles. The Labute approximate surface area is 190 Å². The lowest BCUT2D eigenvalue weighted by Crippen LogP contribution is -2.11. The number of methoxy groups -OCH3 is 3. The first kappa shape index (κ1) is 22.9. The fourth-order valence-corrected chi connectivity index (χ4v) is 3.10. The van der Waals surface area contributed by atoms with Crippen LogP contribution in [0.25, 0.3) is 6.08 Å². The molecule has 0 bridgehead atoms. The molecule has 0 saturated carbocycles. The van der Waals surface area contributed by atoms with Gasteiger partial charge in [0.15, 0.2) is 17.3 Å². The third kappa shape index (κ3) is 5.28. The van der Waals surface area contributed by atoms with Crippen LogP contribution >= 0.6 is 11.6 Å². The Balaban J connectivity index is 1.90. The molecular formula is C25H21ClO6. The monoisotopic (exact) mass is 452 g/mol. The Morgan fingerprint density at radius 3 is 2.25 bits per heavy atom. The number of ketones is 1. The largest absolute Gasteiger partial charge is 0.497 e. The smallest absolute Gasteiger partial charge is 0.343 e. The molecule has 7 heteroatoms. The van der Waals surface area contributed by atoms with E-state index in [1.165, 1.54) is 45.6 Å². The van der Waals surface area contributed by atoms with Crippen LogP contribution in [-0.2, 0) is 0 Å². The lowest BCUT2D eigenvalue weighted by Gasteiger charge is -2.12. The van der Waals surface area contributed by atoms with Crippen molar-refractivity contribution in [3.8, 4) is 23.0 Å². The zero-order valence-electron chi connectivity index (χ0n) is 17.8. The molecule has 0 atom stereocenters. The lowest BCUT2D eigenvalue weighted by molar-refractivity contribution is 0.0732. The normalized spacial score (nSPS) is 10.6. The molecule has 0 fully saturated rings. The van der Waals surface area contributed by atoms with Crippen molar-refractivity contribution in [1.82, 2.24) is 0 Å². The van der Waals surface area contributed by atoms with E-state index in [-0.39, 0.29) is 22.7 Å². The molecule has 0 saturated heterocycles. The fourth-order valence-electron chi connectivity index (χ4n) is 2.91. The van der Waals surface area contributed by atoms with Crippen molar-refractivity contribution in [2.24, 2.45) is 0 Å². The summed E-state index contributed by atoms with van der Waals surface area (Å²) in [5, 5.41) is 0.520. The number of hydrogen-bond donors (Lipinski definition) is 0. The van der Waals surface area contributed by atoms with Gasteiger partial charge in [-0.25, -0.2) is 4.79 Å². The highest BCUT2D eigenvalue weighted by Gasteiger charge is 2.18. The van der Waals surface area contributed by atoms with Crippen molar-refractivity contribution in [3.63, 3.8) is 0 Å². The van der Waals surface area contributed by atoms with Gasteiger partial charge in [0.2, 0.25) is 0 Å². The Bertz CT molecular complexity index is 1170. The van der Waals surface area contributed by atoms with E-state index in [0.29, 0.717) is 27.8 Å². The second-order valence-electron chi connectivity index (χ2n) is 6.54. The van der Waals surface area contributed by atoms with Gasteiger partial charge in [0.05, 0.1) is 32.5 Å². The summed E-state index contributed by atoms with van der Waals surface area (Å²) < 4.78 is 21.2. The van der Waals surface area contributed by atoms with Crippen LogP contribution in [0.15, 0.2) is 66.7 Å². The van der Waals surface area contributed by atoms with Gasteiger partial charge in [-0.2, -0.15) is 0 Å². The molecule has 0 aromatic heterocycles. The highest BCUT2D eigenvalue weighted by molar-refractivity contribution is 6.32. The minimum atomic E-state index is -0.664. The number of rotatable bonds is 8. The molecule has 0 aliphatic heterocycles. The number of benzene rings is 3. The van der Waals surface area contributed by atoms with Gasteiger partial charge in [-0.3, -0.25) is 4.79 Å². The van der Waals surface area contributed by atoms with Crippen LogP contribution in [0.5, 0.6) is 23.0 Å². The minimum absolute atomic E-state index is 0.0675. The maximum absolute atomic E-state index is 12.9. The fraction of sp³-hybridized carbons (Fsp3) is 0.120. The Hall–Kier alpha value is -3.77. The molecule has 0 aliphatic rings. The van der Waals surface area contributed by atoms with Crippen molar-refractivity contribution in [3.05, 3.63) is 88.5 Å². The van der Waals surface area contributed by atoms with E-state index < -0.39 is 5.97 Å². The topological polar surface area (TPSA) is 71.1 Å². The van der Waals surface area contributed by atoms with Crippen LogP contribution in [-0.4, -0.2) is 33.1 Å². The van der Waals surface area contributed by atoms with Gasteiger partial charge in [-0.15, -0.1) is 0 Å². The number of hydrogen-bond acceptors (Lipinski definition) is 6. The summed E-state index contributed by atoms with van der Waals surface area (Å²) >= 11 is 6.14. The number of carbonyl (C=O) groups excluding carboxylic acids is 2. The molecular weight excluding hydrogens is 432 g/mol. The van der Waals surface area contributed by atoms with Crippen molar-refractivity contribution in [1.29, 1.82) is 0 Å². The Morgan fingerprint density at radius 1 is 0.812 bits per heavy atom. The van der Waals surface area contributed by atoms with Gasteiger partial charge in [0.1, 0.15) is 11.5 Å². The van der Waals surface area contributed by atoms with E-state index in [0.717, 1.165) is 0 Å². The van der Waals surface area contributed by atoms with Crippen molar-refractivity contribution in [2.45, 2.75) is 0 Å². The first-order chi connectivity index (χ1) is 15.5. The van der Waals surface area contributed by atoms with Gasteiger partial charge < -0.3 is 18.9 Å². The first-order valence-electron chi connectivity index (χ1n) is 9.56. The van der Waals surface area contributed by atoms with Gasteiger partial charge in [0.25, 0.3) is 0 Å². The van der Waals surface area contributed by atoms with Crippen molar-refractivity contribution >= 4 is 29.4 Å². The molecule has 32 heavy (non-hydrogen) atoms. The summed E-state index contributed by atoms with van der Waals surface area (Å²) in [5.74, 6) is 0.341. The van der Waals surface area contributed by atoms with E-state index in [9.17, 15) is 9.59 Å². The van der Waals surface area contributed by atoms with E-state index in [1.807, 2.05) is 6.07 Å². The number of carbonyl (C=O) groups is 2.